The monoisotopic (exact) mass is 464 g/mol. The minimum absolute atomic E-state index is 0.0286. The van der Waals surface area contributed by atoms with Crippen LogP contribution in [0.1, 0.15) is 41.4 Å². The summed E-state index contributed by atoms with van der Waals surface area (Å²) >= 11 is 6.45. The van der Waals surface area contributed by atoms with Crippen molar-refractivity contribution in [1.82, 2.24) is 19.9 Å². The SMILES string of the molecule is Cc1cccc(C2(C)NC(=O)c3c(Cl)cc(Nc4cc(NC(=O)C5CC5)ncn4)c(=O)n32)c1. The fourth-order valence-electron chi connectivity index (χ4n) is 4.00. The van der Waals surface area contributed by atoms with Crippen molar-refractivity contribution < 1.29 is 9.59 Å². The number of carbonyl (C=O) groups is 2. The minimum Gasteiger partial charge on any atom is -0.336 e. The molecule has 0 spiro atoms. The van der Waals surface area contributed by atoms with Crippen LogP contribution in [0.5, 0.6) is 0 Å². The van der Waals surface area contributed by atoms with Gasteiger partial charge in [0.25, 0.3) is 11.5 Å². The molecule has 5 rings (SSSR count). The van der Waals surface area contributed by atoms with Gasteiger partial charge in [0.05, 0.1) is 5.02 Å². The lowest BCUT2D eigenvalue weighted by Crippen LogP contribution is -2.46. The van der Waals surface area contributed by atoms with Gasteiger partial charge in [-0.15, -0.1) is 0 Å². The first-order valence-corrected chi connectivity index (χ1v) is 10.9. The number of nitrogens with zero attached hydrogens (tertiary/aromatic N) is 3. The number of halogens is 1. The predicted molar refractivity (Wildman–Crippen MR) is 124 cm³/mol. The maximum atomic E-state index is 13.5. The van der Waals surface area contributed by atoms with Crippen LogP contribution in [0.15, 0.2) is 47.5 Å². The summed E-state index contributed by atoms with van der Waals surface area (Å²) in [5, 5.41) is 8.73. The first-order chi connectivity index (χ1) is 15.8. The molecule has 1 fully saturated rings. The standard InChI is InChI=1S/C23H21ClN6O3/c1-12-4-3-5-14(8-12)23(2)29-21(32)19-15(24)9-16(22(33)30(19)23)27-17-10-18(26-11-25-17)28-20(31)13-6-7-13/h3-5,8-11,13H,6-7H2,1-2H3,(H,29,32)(H2,25,26,27,28,31). The van der Waals surface area contributed by atoms with Gasteiger partial charge in [0.15, 0.2) is 0 Å². The Morgan fingerprint density at radius 2 is 1.94 bits per heavy atom. The van der Waals surface area contributed by atoms with E-state index in [2.05, 4.69) is 25.9 Å². The van der Waals surface area contributed by atoms with Crippen LogP contribution in [0.2, 0.25) is 5.02 Å². The second-order valence-electron chi connectivity index (χ2n) is 8.47. The van der Waals surface area contributed by atoms with Gasteiger partial charge < -0.3 is 16.0 Å². The summed E-state index contributed by atoms with van der Waals surface area (Å²) < 4.78 is 1.37. The Labute approximate surface area is 194 Å². The van der Waals surface area contributed by atoms with E-state index in [4.69, 9.17) is 11.6 Å². The van der Waals surface area contributed by atoms with Gasteiger partial charge in [0, 0.05) is 12.0 Å². The van der Waals surface area contributed by atoms with E-state index in [9.17, 15) is 14.4 Å². The van der Waals surface area contributed by atoms with Crippen LogP contribution < -0.4 is 21.5 Å². The Bertz CT molecular complexity index is 1370. The van der Waals surface area contributed by atoms with Crippen LogP contribution in [-0.4, -0.2) is 26.3 Å². The largest absolute Gasteiger partial charge is 0.336 e. The van der Waals surface area contributed by atoms with E-state index in [0.29, 0.717) is 11.6 Å². The van der Waals surface area contributed by atoms with Crippen LogP contribution in [0.4, 0.5) is 17.3 Å². The summed E-state index contributed by atoms with van der Waals surface area (Å²) in [6.45, 7) is 3.70. The number of anilines is 3. The molecular formula is C23H21ClN6O3. The zero-order valence-electron chi connectivity index (χ0n) is 18.0. The lowest BCUT2D eigenvalue weighted by atomic mass is 9.99. The van der Waals surface area contributed by atoms with Crippen molar-refractivity contribution in [2.45, 2.75) is 32.4 Å². The van der Waals surface area contributed by atoms with Gasteiger partial charge in [-0.05, 0) is 38.3 Å². The molecule has 9 nitrogen and oxygen atoms in total. The van der Waals surface area contributed by atoms with Gasteiger partial charge in [-0.3, -0.25) is 19.0 Å². The topological polar surface area (TPSA) is 118 Å². The van der Waals surface area contributed by atoms with E-state index in [-0.39, 0.29) is 28.2 Å². The molecular weight excluding hydrogens is 444 g/mol. The number of nitrogens with one attached hydrogen (secondary N) is 3. The van der Waals surface area contributed by atoms with E-state index in [1.807, 2.05) is 31.2 Å². The zero-order valence-corrected chi connectivity index (χ0v) is 18.7. The number of carbonyl (C=O) groups excluding carboxylic acids is 2. The summed E-state index contributed by atoms with van der Waals surface area (Å²) in [6.07, 6.45) is 3.04. The van der Waals surface area contributed by atoms with Crippen molar-refractivity contribution in [2.24, 2.45) is 5.92 Å². The van der Waals surface area contributed by atoms with Gasteiger partial charge in [-0.1, -0.05) is 41.4 Å². The molecule has 2 aliphatic rings. The molecule has 33 heavy (non-hydrogen) atoms. The lowest BCUT2D eigenvalue weighted by Gasteiger charge is -2.28. The smallest absolute Gasteiger partial charge is 0.277 e. The number of fused-ring (bicyclic) bond motifs is 1. The van der Waals surface area contributed by atoms with Gasteiger partial charge in [0.2, 0.25) is 5.91 Å². The number of hydrogen-bond acceptors (Lipinski definition) is 6. The third-order valence-electron chi connectivity index (χ3n) is 5.88. The number of benzene rings is 1. The molecule has 1 aromatic carbocycles. The fourth-order valence-corrected chi connectivity index (χ4v) is 4.28. The third-order valence-corrected chi connectivity index (χ3v) is 6.17. The van der Waals surface area contributed by atoms with E-state index in [1.165, 1.54) is 23.0 Å². The first-order valence-electron chi connectivity index (χ1n) is 10.5. The summed E-state index contributed by atoms with van der Waals surface area (Å²) in [4.78, 5) is 46.5. The number of rotatable bonds is 5. The first kappa shape index (κ1) is 21.1. The molecule has 1 aliphatic heterocycles. The lowest BCUT2D eigenvalue weighted by molar-refractivity contribution is -0.117. The van der Waals surface area contributed by atoms with E-state index in [1.54, 1.807) is 6.92 Å². The number of hydrogen-bond donors (Lipinski definition) is 3. The highest BCUT2D eigenvalue weighted by molar-refractivity contribution is 6.34. The highest BCUT2D eigenvalue weighted by Crippen LogP contribution is 2.34. The van der Waals surface area contributed by atoms with Crippen molar-refractivity contribution in [3.05, 3.63) is 74.9 Å². The summed E-state index contributed by atoms with van der Waals surface area (Å²) in [6, 6.07) is 10.5. The molecule has 3 N–H and O–H groups in total. The third kappa shape index (κ3) is 3.74. The summed E-state index contributed by atoms with van der Waals surface area (Å²) in [5.41, 5.74) is 0.405. The number of pyridine rings is 1. The van der Waals surface area contributed by atoms with E-state index in [0.717, 1.165) is 24.0 Å². The van der Waals surface area contributed by atoms with Crippen molar-refractivity contribution in [3.8, 4) is 0 Å². The Hall–Kier alpha value is -3.72. The van der Waals surface area contributed by atoms with Crippen molar-refractivity contribution >= 4 is 40.7 Å². The Morgan fingerprint density at radius 3 is 2.67 bits per heavy atom. The van der Waals surface area contributed by atoms with Gasteiger partial charge in [-0.2, -0.15) is 0 Å². The molecule has 1 atom stereocenters. The maximum Gasteiger partial charge on any atom is 0.277 e. The maximum absolute atomic E-state index is 13.5. The Balaban J connectivity index is 1.54. The molecule has 0 radical (unpaired) electrons. The second-order valence-corrected chi connectivity index (χ2v) is 8.88. The van der Waals surface area contributed by atoms with Crippen molar-refractivity contribution in [2.75, 3.05) is 10.6 Å². The number of aryl methyl sites for hydroxylation is 1. The van der Waals surface area contributed by atoms with Crippen molar-refractivity contribution in [3.63, 3.8) is 0 Å². The predicted octanol–water partition coefficient (Wildman–Crippen LogP) is 3.16. The van der Waals surface area contributed by atoms with Crippen LogP contribution in [0, 0.1) is 12.8 Å². The molecule has 0 saturated heterocycles. The Morgan fingerprint density at radius 1 is 1.18 bits per heavy atom. The average molecular weight is 465 g/mol. The number of amides is 2. The minimum atomic E-state index is -1.12. The quantitative estimate of drug-likeness (QED) is 0.533. The van der Waals surface area contributed by atoms with E-state index < -0.39 is 17.1 Å². The molecule has 0 bridgehead atoms. The number of aromatic nitrogens is 3. The summed E-state index contributed by atoms with van der Waals surface area (Å²) in [7, 11) is 0. The molecule has 1 unspecified atom stereocenters. The van der Waals surface area contributed by atoms with Gasteiger partial charge in [0.1, 0.15) is 35.0 Å². The molecule has 1 aliphatic carbocycles. The fraction of sp³-hybridized carbons (Fsp3) is 0.261. The highest BCUT2D eigenvalue weighted by atomic mass is 35.5. The van der Waals surface area contributed by atoms with Crippen LogP contribution in [-0.2, 0) is 10.5 Å². The zero-order chi connectivity index (χ0) is 23.3. The van der Waals surface area contributed by atoms with E-state index >= 15 is 0 Å². The highest BCUT2D eigenvalue weighted by Gasteiger charge is 2.43. The molecule has 168 valence electrons. The molecule has 10 heteroatoms. The molecule has 2 amide bonds. The van der Waals surface area contributed by atoms with Gasteiger partial charge >= 0.3 is 0 Å². The average Bonchev–Trinajstić information content (AvgIpc) is 3.57. The van der Waals surface area contributed by atoms with Crippen LogP contribution in [0.25, 0.3) is 0 Å². The normalized spacial score (nSPS) is 19.1. The molecule has 2 aromatic heterocycles. The summed E-state index contributed by atoms with van der Waals surface area (Å²) in [5.74, 6) is 0.150. The molecule has 3 aromatic rings. The molecule has 3 heterocycles. The van der Waals surface area contributed by atoms with Crippen molar-refractivity contribution in [1.29, 1.82) is 0 Å². The van der Waals surface area contributed by atoms with Gasteiger partial charge in [-0.25, -0.2) is 9.97 Å². The van der Waals surface area contributed by atoms with Crippen LogP contribution in [0.3, 0.4) is 0 Å². The molecule has 1 saturated carbocycles. The second kappa shape index (κ2) is 7.70. The Kier molecular flexibility index (Phi) is 4.93. The van der Waals surface area contributed by atoms with Crippen LogP contribution >= 0.6 is 11.6 Å².